The number of nitrogens with zero attached hydrogens (tertiary/aromatic N) is 1. The van der Waals surface area contributed by atoms with Crippen LogP contribution in [0.25, 0.3) is 0 Å². The molecule has 3 atom stereocenters. The summed E-state index contributed by atoms with van der Waals surface area (Å²) in [4.78, 5) is 0. The zero-order chi connectivity index (χ0) is 14.5. The van der Waals surface area contributed by atoms with E-state index in [4.69, 9.17) is 10.00 Å². The van der Waals surface area contributed by atoms with E-state index in [9.17, 15) is 0 Å². The van der Waals surface area contributed by atoms with Crippen LogP contribution in [0.1, 0.15) is 44.2 Å². The highest BCUT2D eigenvalue weighted by atomic mass is 16.5. The number of benzene rings is 1. The van der Waals surface area contributed by atoms with Crippen molar-refractivity contribution in [1.29, 1.82) is 5.26 Å². The molecular weight excluding hydrogens is 248 g/mol. The summed E-state index contributed by atoms with van der Waals surface area (Å²) >= 11 is 0. The van der Waals surface area contributed by atoms with Crippen LogP contribution in [0.2, 0.25) is 0 Å². The summed E-state index contributed by atoms with van der Waals surface area (Å²) in [6.07, 6.45) is 3.88. The Kier molecular flexibility index (Phi) is 5.03. The maximum absolute atomic E-state index is 9.11. The van der Waals surface area contributed by atoms with Crippen molar-refractivity contribution in [3.8, 4) is 11.8 Å². The molecule has 3 nitrogen and oxygen atoms in total. The highest BCUT2D eigenvalue weighted by molar-refractivity contribution is 5.45. The first-order valence-corrected chi connectivity index (χ1v) is 7.44. The third-order valence-corrected chi connectivity index (χ3v) is 4.38. The highest BCUT2D eigenvalue weighted by Crippen LogP contribution is 2.29. The summed E-state index contributed by atoms with van der Waals surface area (Å²) in [7, 11) is 1.60. The van der Waals surface area contributed by atoms with Gasteiger partial charge in [0, 0.05) is 12.6 Å². The molecule has 2 rings (SSSR count). The fourth-order valence-corrected chi connectivity index (χ4v) is 3.17. The lowest BCUT2D eigenvalue weighted by Crippen LogP contribution is -2.38. The molecule has 0 aliphatic heterocycles. The van der Waals surface area contributed by atoms with Gasteiger partial charge in [-0.05, 0) is 48.8 Å². The lowest BCUT2D eigenvalue weighted by atomic mass is 9.80. The second-order valence-electron chi connectivity index (χ2n) is 6.03. The molecule has 1 fully saturated rings. The molecule has 0 saturated heterocycles. The predicted octanol–water partition coefficient (Wildman–Crippen LogP) is 3.48. The van der Waals surface area contributed by atoms with Gasteiger partial charge in [-0.2, -0.15) is 5.26 Å². The zero-order valence-corrected chi connectivity index (χ0v) is 12.6. The fourth-order valence-electron chi connectivity index (χ4n) is 3.17. The monoisotopic (exact) mass is 272 g/mol. The average molecular weight is 272 g/mol. The molecule has 0 heterocycles. The van der Waals surface area contributed by atoms with Crippen LogP contribution in [0.4, 0.5) is 0 Å². The predicted molar refractivity (Wildman–Crippen MR) is 80.5 cm³/mol. The molecule has 1 N–H and O–H groups in total. The van der Waals surface area contributed by atoms with Gasteiger partial charge in [0.15, 0.2) is 0 Å². The van der Waals surface area contributed by atoms with Gasteiger partial charge in [0.05, 0.1) is 12.7 Å². The van der Waals surface area contributed by atoms with Gasteiger partial charge in [-0.3, -0.25) is 0 Å². The summed E-state index contributed by atoms with van der Waals surface area (Å²) in [5, 5.41) is 12.8. The fraction of sp³-hybridized carbons (Fsp3) is 0.588. The normalized spacial score (nSPS) is 26.0. The van der Waals surface area contributed by atoms with Crippen molar-refractivity contribution in [1.82, 2.24) is 5.32 Å². The van der Waals surface area contributed by atoms with Crippen molar-refractivity contribution in [2.45, 2.75) is 45.7 Å². The van der Waals surface area contributed by atoms with Crippen LogP contribution in [0, 0.1) is 23.2 Å². The Morgan fingerprint density at radius 3 is 2.80 bits per heavy atom. The number of nitrogens with one attached hydrogen (secondary N) is 1. The quantitative estimate of drug-likeness (QED) is 0.912. The second kappa shape index (κ2) is 6.76. The second-order valence-corrected chi connectivity index (χ2v) is 6.03. The number of nitriles is 1. The molecule has 108 valence electrons. The van der Waals surface area contributed by atoms with E-state index in [-0.39, 0.29) is 0 Å². The number of hydrogen-bond acceptors (Lipinski definition) is 3. The molecule has 3 unspecified atom stereocenters. The van der Waals surface area contributed by atoms with Crippen molar-refractivity contribution in [3.05, 3.63) is 29.3 Å². The third kappa shape index (κ3) is 3.52. The molecule has 3 heteroatoms. The van der Waals surface area contributed by atoms with Gasteiger partial charge in [0.1, 0.15) is 11.8 Å². The number of rotatable bonds is 4. The van der Waals surface area contributed by atoms with Gasteiger partial charge in [-0.15, -0.1) is 0 Å². The van der Waals surface area contributed by atoms with E-state index in [0.29, 0.717) is 17.4 Å². The Balaban J connectivity index is 1.96. The Morgan fingerprint density at radius 1 is 1.35 bits per heavy atom. The van der Waals surface area contributed by atoms with E-state index in [0.717, 1.165) is 23.9 Å². The number of ether oxygens (including phenoxy) is 1. The smallest absolute Gasteiger partial charge is 0.136 e. The minimum absolute atomic E-state index is 0.596. The molecule has 0 radical (unpaired) electrons. The molecule has 0 spiro atoms. The Morgan fingerprint density at radius 2 is 2.15 bits per heavy atom. The van der Waals surface area contributed by atoms with Crippen LogP contribution in [-0.2, 0) is 6.54 Å². The highest BCUT2D eigenvalue weighted by Gasteiger charge is 2.24. The van der Waals surface area contributed by atoms with Crippen LogP contribution >= 0.6 is 0 Å². The standard InChI is InChI=1S/C17H24N2O/c1-12-4-6-16(13(2)8-12)19-11-14-5-7-17(20-3)15(9-14)10-18/h5,7,9,12-13,16,19H,4,6,8,11H2,1-3H3. The summed E-state index contributed by atoms with van der Waals surface area (Å²) in [5.41, 5.74) is 1.75. The first-order chi connectivity index (χ1) is 9.63. The molecule has 1 aliphatic carbocycles. The van der Waals surface area contributed by atoms with Crippen molar-refractivity contribution in [3.63, 3.8) is 0 Å². The van der Waals surface area contributed by atoms with E-state index >= 15 is 0 Å². The van der Waals surface area contributed by atoms with E-state index in [1.54, 1.807) is 7.11 Å². The van der Waals surface area contributed by atoms with Crippen LogP contribution in [-0.4, -0.2) is 13.2 Å². The summed E-state index contributed by atoms with van der Waals surface area (Å²) < 4.78 is 5.17. The van der Waals surface area contributed by atoms with E-state index in [1.165, 1.54) is 19.3 Å². The molecule has 0 bridgehead atoms. The minimum Gasteiger partial charge on any atom is -0.495 e. The average Bonchev–Trinajstić information content (AvgIpc) is 2.46. The van der Waals surface area contributed by atoms with Crippen LogP contribution in [0.15, 0.2) is 18.2 Å². The minimum atomic E-state index is 0.596. The molecule has 1 aliphatic rings. The van der Waals surface area contributed by atoms with Crippen molar-refractivity contribution >= 4 is 0 Å². The summed E-state index contributed by atoms with van der Waals surface area (Å²) in [5.74, 6) is 2.23. The van der Waals surface area contributed by atoms with Crippen molar-refractivity contribution in [2.24, 2.45) is 11.8 Å². The number of hydrogen-bond donors (Lipinski definition) is 1. The van der Waals surface area contributed by atoms with Gasteiger partial charge in [0.2, 0.25) is 0 Å². The molecule has 1 aromatic rings. The molecule has 1 aromatic carbocycles. The van der Waals surface area contributed by atoms with Gasteiger partial charge in [-0.25, -0.2) is 0 Å². The van der Waals surface area contributed by atoms with Gasteiger partial charge >= 0.3 is 0 Å². The zero-order valence-electron chi connectivity index (χ0n) is 12.6. The van der Waals surface area contributed by atoms with Gasteiger partial charge in [0.25, 0.3) is 0 Å². The summed E-state index contributed by atoms with van der Waals surface area (Å²) in [6, 6.07) is 8.61. The Labute approximate surface area is 121 Å². The largest absolute Gasteiger partial charge is 0.495 e. The lowest BCUT2D eigenvalue weighted by molar-refractivity contribution is 0.227. The van der Waals surface area contributed by atoms with E-state index in [2.05, 4.69) is 25.2 Å². The van der Waals surface area contributed by atoms with Crippen LogP contribution < -0.4 is 10.1 Å². The Hall–Kier alpha value is -1.53. The van der Waals surface area contributed by atoms with E-state index in [1.807, 2.05) is 18.2 Å². The molecule has 0 amide bonds. The van der Waals surface area contributed by atoms with Crippen LogP contribution in [0.5, 0.6) is 5.75 Å². The third-order valence-electron chi connectivity index (χ3n) is 4.38. The first kappa shape index (κ1) is 14.9. The summed E-state index contributed by atoms with van der Waals surface area (Å²) in [6.45, 7) is 5.50. The molecular formula is C17H24N2O. The van der Waals surface area contributed by atoms with Crippen LogP contribution in [0.3, 0.4) is 0 Å². The molecule has 0 aromatic heterocycles. The lowest BCUT2D eigenvalue weighted by Gasteiger charge is -2.33. The first-order valence-electron chi connectivity index (χ1n) is 7.44. The number of methoxy groups -OCH3 is 1. The topological polar surface area (TPSA) is 45.0 Å². The van der Waals surface area contributed by atoms with Gasteiger partial charge in [-0.1, -0.05) is 19.9 Å². The van der Waals surface area contributed by atoms with Crippen molar-refractivity contribution in [2.75, 3.05) is 7.11 Å². The maximum Gasteiger partial charge on any atom is 0.136 e. The van der Waals surface area contributed by atoms with Crippen molar-refractivity contribution < 1.29 is 4.74 Å². The molecule has 1 saturated carbocycles. The SMILES string of the molecule is COc1ccc(CNC2CCC(C)CC2C)cc1C#N. The maximum atomic E-state index is 9.11. The molecule has 20 heavy (non-hydrogen) atoms. The Bertz CT molecular complexity index is 492. The van der Waals surface area contributed by atoms with E-state index < -0.39 is 0 Å². The van der Waals surface area contributed by atoms with Gasteiger partial charge < -0.3 is 10.1 Å².